The summed E-state index contributed by atoms with van der Waals surface area (Å²) in [5, 5.41) is 5.48. The molecule has 2 aromatic heterocycles. The molecule has 11 heteroatoms. The van der Waals surface area contributed by atoms with E-state index in [1.165, 1.54) is 42.6 Å². The predicted molar refractivity (Wildman–Crippen MR) is 117 cm³/mol. The zero-order valence-electron chi connectivity index (χ0n) is 17.1. The van der Waals surface area contributed by atoms with Crippen LogP contribution < -0.4 is 20.2 Å². The third kappa shape index (κ3) is 4.83. The predicted octanol–water partition coefficient (Wildman–Crippen LogP) is 3.77. The summed E-state index contributed by atoms with van der Waals surface area (Å²) in [5.74, 6) is -1.52. The van der Waals surface area contributed by atoms with Crippen molar-refractivity contribution in [2.24, 2.45) is 5.14 Å². The number of aromatic nitrogens is 1. The van der Waals surface area contributed by atoms with Crippen molar-refractivity contribution in [1.29, 1.82) is 0 Å². The van der Waals surface area contributed by atoms with Crippen LogP contribution in [0.4, 0.5) is 14.5 Å². The number of nitrogens with zero attached hydrogens (tertiary/aromatic N) is 1. The number of nitrogens with two attached hydrogens (primary N) is 1. The van der Waals surface area contributed by atoms with E-state index in [1.54, 1.807) is 19.1 Å². The Morgan fingerprint density at radius 2 is 1.94 bits per heavy atom. The number of fused-ring (bicyclic) bond motifs is 1. The average Bonchev–Trinajstić information content (AvgIpc) is 2.74. The van der Waals surface area contributed by atoms with Crippen LogP contribution in [0, 0.1) is 18.6 Å². The third-order valence-corrected chi connectivity index (χ3v) is 5.40. The van der Waals surface area contributed by atoms with E-state index in [9.17, 15) is 22.0 Å². The second-order valence-corrected chi connectivity index (χ2v) is 8.44. The topological polar surface area (TPSA) is 125 Å². The van der Waals surface area contributed by atoms with Gasteiger partial charge in [0.15, 0.2) is 11.6 Å². The monoisotopic (exact) mass is 473 g/mol. The van der Waals surface area contributed by atoms with Crippen molar-refractivity contribution in [3.63, 3.8) is 0 Å². The van der Waals surface area contributed by atoms with Crippen molar-refractivity contribution in [1.82, 2.24) is 4.98 Å². The van der Waals surface area contributed by atoms with Gasteiger partial charge in [0.25, 0.3) is 16.1 Å². The van der Waals surface area contributed by atoms with E-state index in [1.807, 2.05) is 4.72 Å². The van der Waals surface area contributed by atoms with E-state index < -0.39 is 27.5 Å². The molecule has 0 unspecified atom stereocenters. The van der Waals surface area contributed by atoms with Crippen molar-refractivity contribution >= 4 is 26.9 Å². The summed E-state index contributed by atoms with van der Waals surface area (Å²) in [6.07, 6.45) is 1.23. The fraction of sp³-hybridized carbons (Fsp3) is 0.0909. The third-order valence-electron chi connectivity index (χ3n) is 4.90. The van der Waals surface area contributed by atoms with Crippen LogP contribution in [-0.4, -0.2) is 13.4 Å². The van der Waals surface area contributed by atoms with Gasteiger partial charge in [-0.25, -0.2) is 23.7 Å². The largest absolute Gasteiger partial charge is 0.436 e. The van der Waals surface area contributed by atoms with Crippen molar-refractivity contribution in [2.75, 3.05) is 4.72 Å². The summed E-state index contributed by atoms with van der Waals surface area (Å²) in [6.45, 7) is 1.68. The maximum absolute atomic E-state index is 14.8. The molecule has 4 rings (SSSR count). The molecule has 0 radical (unpaired) electrons. The van der Waals surface area contributed by atoms with Crippen molar-refractivity contribution in [3.8, 4) is 11.6 Å². The van der Waals surface area contributed by atoms with Gasteiger partial charge in [0, 0.05) is 29.6 Å². The van der Waals surface area contributed by atoms with Crippen LogP contribution in [0.15, 0.2) is 63.9 Å². The molecule has 0 aliphatic rings. The molecule has 2 heterocycles. The van der Waals surface area contributed by atoms with E-state index in [0.29, 0.717) is 10.9 Å². The molecular weight excluding hydrogens is 456 g/mol. The highest BCUT2D eigenvalue weighted by Gasteiger charge is 2.17. The lowest BCUT2D eigenvalue weighted by Crippen LogP contribution is -2.22. The van der Waals surface area contributed by atoms with E-state index in [4.69, 9.17) is 14.3 Å². The molecule has 2 aromatic carbocycles. The average molecular weight is 473 g/mol. The molecule has 0 saturated heterocycles. The number of rotatable bonds is 6. The van der Waals surface area contributed by atoms with Crippen molar-refractivity contribution < 1.29 is 26.4 Å². The highest BCUT2D eigenvalue weighted by Crippen LogP contribution is 2.29. The lowest BCUT2D eigenvalue weighted by atomic mass is 9.99. The van der Waals surface area contributed by atoms with E-state index in [-0.39, 0.29) is 40.4 Å². The molecular formula is C22H17F2N3O5S. The molecule has 0 bridgehead atoms. The number of ether oxygens (including phenoxy) is 1. The summed E-state index contributed by atoms with van der Waals surface area (Å²) in [7, 11) is -4.17. The smallest absolute Gasteiger partial charge is 0.340 e. The standard InChI is InChI=1S/C22H17F2N3O5S/c1-12-15-8-7-14(31-21-17(23)5-3-9-26-21)11-19(15)32-22(28)16(12)10-13-4-2-6-18(20(13)24)27-33(25,29)30/h2-9,11,27H,10H2,1H3,(H2,25,29,30). The van der Waals surface area contributed by atoms with E-state index >= 15 is 0 Å². The number of anilines is 1. The van der Waals surface area contributed by atoms with Gasteiger partial charge in [0.1, 0.15) is 11.3 Å². The van der Waals surface area contributed by atoms with Crippen molar-refractivity contribution in [3.05, 3.63) is 93.5 Å². The molecule has 4 aromatic rings. The lowest BCUT2D eigenvalue weighted by Gasteiger charge is -2.12. The Kier molecular flexibility index (Phi) is 5.83. The Morgan fingerprint density at radius 1 is 1.15 bits per heavy atom. The molecule has 0 spiro atoms. The Balaban J connectivity index is 1.70. The SMILES string of the molecule is Cc1c(Cc2cccc(NS(N)(=O)=O)c2F)c(=O)oc2cc(Oc3ncccc3F)ccc12. The van der Waals surface area contributed by atoms with Crippen LogP contribution in [0.1, 0.15) is 16.7 Å². The number of halogens is 2. The first kappa shape index (κ1) is 22.4. The van der Waals surface area contributed by atoms with Gasteiger partial charge in [-0.05, 0) is 48.4 Å². The summed E-state index contributed by atoms with van der Waals surface area (Å²) in [6, 6.07) is 11.3. The summed E-state index contributed by atoms with van der Waals surface area (Å²) < 4.78 is 63.8. The van der Waals surface area contributed by atoms with Crippen molar-refractivity contribution in [2.45, 2.75) is 13.3 Å². The zero-order valence-corrected chi connectivity index (χ0v) is 17.9. The normalized spacial score (nSPS) is 11.5. The molecule has 0 saturated carbocycles. The van der Waals surface area contributed by atoms with Gasteiger partial charge in [0.2, 0.25) is 0 Å². The van der Waals surface area contributed by atoms with Crippen LogP contribution in [0.3, 0.4) is 0 Å². The van der Waals surface area contributed by atoms with Gasteiger partial charge in [-0.1, -0.05) is 12.1 Å². The minimum absolute atomic E-state index is 0.0731. The highest BCUT2D eigenvalue weighted by molar-refractivity contribution is 7.90. The fourth-order valence-electron chi connectivity index (χ4n) is 3.34. The summed E-state index contributed by atoms with van der Waals surface area (Å²) in [5.41, 5.74) is -0.0319. The number of pyridine rings is 1. The first-order chi connectivity index (χ1) is 15.6. The molecule has 170 valence electrons. The van der Waals surface area contributed by atoms with Crippen LogP contribution in [-0.2, 0) is 16.6 Å². The van der Waals surface area contributed by atoms with Gasteiger partial charge in [-0.15, -0.1) is 0 Å². The number of benzene rings is 2. The first-order valence-electron chi connectivity index (χ1n) is 9.55. The Morgan fingerprint density at radius 3 is 2.67 bits per heavy atom. The summed E-state index contributed by atoms with van der Waals surface area (Å²) >= 11 is 0. The molecule has 0 aliphatic heterocycles. The fourth-order valence-corrected chi connectivity index (χ4v) is 3.80. The Hall–Kier alpha value is -3.83. The molecule has 33 heavy (non-hydrogen) atoms. The Bertz CT molecular complexity index is 1540. The minimum atomic E-state index is -4.17. The second-order valence-electron chi connectivity index (χ2n) is 7.15. The van der Waals surface area contributed by atoms with Crippen LogP contribution in [0.5, 0.6) is 11.6 Å². The highest BCUT2D eigenvalue weighted by atomic mass is 32.2. The van der Waals surface area contributed by atoms with Gasteiger partial charge >= 0.3 is 5.63 Å². The van der Waals surface area contributed by atoms with Gasteiger partial charge in [-0.2, -0.15) is 8.42 Å². The molecule has 0 atom stereocenters. The van der Waals surface area contributed by atoms with Crippen LogP contribution >= 0.6 is 0 Å². The number of hydrogen-bond donors (Lipinski definition) is 2. The minimum Gasteiger partial charge on any atom is -0.436 e. The number of hydrogen-bond acceptors (Lipinski definition) is 6. The maximum atomic E-state index is 14.8. The maximum Gasteiger partial charge on any atom is 0.340 e. The second kappa shape index (κ2) is 8.60. The van der Waals surface area contributed by atoms with Gasteiger partial charge in [-0.3, -0.25) is 4.72 Å². The van der Waals surface area contributed by atoms with E-state index in [0.717, 1.165) is 0 Å². The van der Waals surface area contributed by atoms with E-state index in [2.05, 4.69) is 4.98 Å². The quantitative estimate of drug-likeness (QED) is 0.411. The molecule has 0 aliphatic carbocycles. The number of aryl methyl sites for hydroxylation is 1. The Labute approximate surface area is 186 Å². The lowest BCUT2D eigenvalue weighted by molar-refractivity contribution is 0.422. The molecule has 0 amide bonds. The van der Waals surface area contributed by atoms with Gasteiger partial charge in [0.05, 0.1) is 5.69 Å². The van der Waals surface area contributed by atoms with Crippen LogP contribution in [0.25, 0.3) is 11.0 Å². The van der Waals surface area contributed by atoms with Gasteiger partial charge < -0.3 is 9.15 Å². The first-order valence-corrected chi connectivity index (χ1v) is 11.1. The summed E-state index contributed by atoms with van der Waals surface area (Å²) in [4.78, 5) is 16.5. The van der Waals surface area contributed by atoms with Crippen LogP contribution in [0.2, 0.25) is 0 Å². The number of nitrogens with one attached hydrogen (secondary N) is 1. The molecule has 8 nitrogen and oxygen atoms in total. The zero-order chi connectivity index (χ0) is 23.8. The molecule has 0 fully saturated rings. The molecule has 3 N–H and O–H groups in total.